The van der Waals surface area contributed by atoms with Crippen molar-refractivity contribution in [2.24, 2.45) is 0 Å². The normalized spacial score (nSPS) is 10.4. The molecule has 0 radical (unpaired) electrons. The molecule has 0 aliphatic carbocycles. The van der Waals surface area contributed by atoms with Crippen molar-refractivity contribution < 1.29 is 9.59 Å². The molecule has 0 atom stereocenters. The van der Waals surface area contributed by atoms with Crippen LogP contribution in [0, 0.1) is 13.8 Å². The third kappa shape index (κ3) is 4.22. The van der Waals surface area contributed by atoms with Gasteiger partial charge in [0.1, 0.15) is 6.54 Å². The summed E-state index contributed by atoms with van der Waals surface area (Å²) in [5.74, 6) is -0.904. The maximum Gasteiger partial charge on any atom is 0.269 e. The third-order valence-electron chi connectivity index (χ3n) is 2.84. The molecule has 0 aliphatic heterocycles. The highest BCUT2D eigenvalue weighted by Gasteiger charge is 2.11. The molecule has 22 heavy (non-hydrogen) atoms. The number of benzene rings is 1. The van der Waals surface area contributed by atoms with E-state index in [2.05, 4.69) is 16.0 Å². The van der Waals surface area contributed by atoms with Gasteiger partial charge in [0.25, 0.3) is 11.8 Å². The molecule has 2 aromatic rings. The Morgan fingerprint density at radius 3 is 2.27 bits per heavy atom. The van der Waals surface area contributed by atoms with Crippen molar-refractivity contribution >= 4 is 35.0 Å². The minimum atomic E-state index is -0.508. The quantitative estimate of drug-likeness (QED) is 0.841. The van der Waals surface area contributed by atoms with E-state index in [1.54, 1.807) is 4.68 Å². The van der Waals surface area contributed by atoms with Gasteiger partial charge < -0.3 is 0 Å². The van der Waals surface area contributed by atoms with Gasteiger partial charge in [-0.2, -0.15) is 5.10 Å². The summed E-state index contributed by atoms with van der Waals surface area (Å²) in [6.07, 6.45) is 0. The molecule has 1 heterocycles. The van der Waals surface area contributed by atoms with E-state index in [0.717, 1.165) is 11.4 Å². The molecule has 0 saturated carbocycles. The fraction of sp³-hybridized carbons (Fsp3) is 0.214. The van der Waals surface area contributed by atoms with Crippen LogP contribution in [0.2, 0.25) is 10.0 Å². The van der Waals surface area contributed by atoms with Crippen molar-refractivity contribution in [3.63, 3.8) is 0 Å². The van der Waals surface area contributed by atoms with Crippen molar-refractivity contribution in [1.82, 2.24) is 20.6 Å². The van der Waals surface area contributed by atoms with Gasteiger partial charge in [0, 0.05) is 21.3 Å². The van der Waals surface area contributed by atoms with Gasteiger partial charge in [0.05, 0.1) is 5.69 Å². The number of carbonyl (C=O) groups is 2. The number of nitrogens with one attached hydrogen (secondary N) is 2. The standard InChI is InChI=1S/C14H14Cl2N4O2/c1-8-3-9(2)20(19-8)7-13(21)17-18-14(22)10-4-11(15)6-12(16)5-10/h3-6H,7H2,1-2H3,(H,17,21)(H,18,22). The predicted molar refractivity (Wildman–Crippen MR) is 83.8 cm³/mol. The number of aryl methyl sites for hydroxylation is 2. The molecule has 116 valence electrons. The second-order valence-corrected chi connectivity index (χ2v) is 5.62. The first kappa shape index (κ1) is 16.3. The summed E-state index contributed by atoms with van der Waals surface area (Å²) in [4.78, 5) is 23.7. The van der Waals surface area contributed by atoms with Crippen LogP contribution in [0.5, 0.6) is 0 Å². The number of carbonyl (C=O) groups excluding carboxylic acids is 2. The monoisotopic (exact) mass is 340 g/mol. The molecule has 0 spiro atoms. The van der Waals surface area contributed by atoms with Gasteiger partial charge in [-0.15, -0.1) is 0 Å². The lowest BCUT2D eigenvalue weighted by atomic mass is 10.2. The lowest BCUT2D eigenvalue weighted by molar-refractivity contribution is -0.122. The Labute approximate surface area is 137 Å². The van der Waals surface area contributed by atoms with Gasteiger partial charge in [-0.05, 0) is 38.1 Å². The zero-order valence-corrected chi connectivity index (χ0v) is 13.5. The maximum atomic E-state index is 11.9. The van der Waals surface area contributed by atoms with Gasteiger partial charge in [-0.3, -0.25) is 25.1 Å². The van der Waals surface area contributed by atoms with E-state index >= 15 is 0 Å². The molecule has 2 rings (SSSR count). The largest absolute Gasteiger partial charge is 0.271 e. The highest BCUT2D eigenvalue weighted by molar-refractivity contribution is 6.35. The van der Waals surface area contributed by atoms with E-state index in [4.69, 9.17) is 23.2 Å². The Hall–Kier alpha value is -2.05. The SMILES string of the molecule is Cc1cc(C)n(CC(=O)NNC(=O)c2cc(Cl)cc(Cl)c2)n1. The minimum Gasteiger partial charge on any atom is -0.271 e. The number of amides is 2. The topological polar surface area (TPSA) is 76.0 Å². The van der Waals surface area contributed by atoms with Crippen LogP contribution in [-0.4, -0.2) is 21.6 Å². The van der Waals surface area contributed by atoms with E-state index in [1.807, 2.05) is 19.9 Å². The number of halogens is 2. The van der Waals surface area contributed by atoms with Crippen LogP contribution in [-0.2, 0) is 11.3 Å². The van der Waals surface area contributed by atoms with Crippen LogP contribution in [0.1, 0.15) is 21.7 Å². The molecule has 6 nitrogen and oxygen atoms in total. The van der Waals surface area contributed by atoms with E-state index in [0.29, 0.717) is 10.0 Å². The third-order valence-corrected chi connectivity index (χ3v) is 3.27. The van der Waals surface area contributed by atoms with Crippen molar-refractivity contribution in [1.29, 1.82) is 0 Å². The number of hydrazine groups is 1. The molecule has 8 heteroatoms. The summed E-state index contributed by atoms with van der Waals surface area (Å²) in [6, 6.07) is 6.28. The zero-order chi connectivity index (χ0) is 16.3. The lowest BCUT2D eigenvalue weighted by Gasteiger charge is -2.09. The molecule has 0 aliphatic rings. The van der Waals surface area contributed by atoms with Gasteiger partial charge in [-0.1, -0.05) is 23.2 Å². The minimum absolute atomic E-state index is 0.0102. The van der Waals surface area contributed by atoms with Crippen LogP contribution in [0.15, 0.2) is 24.3 Å². The van der Waals surface area contributed by atoms with Gasteiger partial charge in [0.2, 0.25) is 0 Å². The Morgan fingerprint density at radius 2 is 1.73 bits per heavy atom. The average molecular weight is 341 g/mol. The number of hydrogen-bond acceptors (Lipinski definition) is 3. The van der Waals surface area contributed by atoms with Crippen LogP contribution < -0.4 is 10.9 Å². The van der Waals surface area contributed by atoms with Crippen LogP contribution >= 0.6 is 23.2 Å². The van der Waals surface area contributed by atoms with E-state index in [-0.39, 0.29) is 12.1 Å². The Kier molecular flexibility index (Phi) is 5.05. The molecular formula is C14H14Cl2N4O2. The maximum absolute atomic E-state index is 11.9. The summed E-state index contributed by atoms with van der Waals surface area (Å²) in [5, 5.41) is 4.85. The number of nitrogens with zero attached hydrogens (tertiary/aromatic N) is 2. The van der Waals surface area contributed by atoms with Crippen molar-refractivity contribution in [2.75, 3.05) is 0 Å². The molecule has 2 amide bonds. The zero-order valence-electron chi connectivity index (χ0n) is 12.0. The average Bonchev–Trinajstić information content (AvgIpc) is 2.73. The van der Waals surface area contributed by atoms with Crippen molar-refractivity contribution in [3.8, 4) is 0 Å². The molecule has 0 fully saturated rings. The number of hydrogen-bond donors (Lipinski definition) is 2. The predicted octanol–water partition coefficient (Wildman–Crippen LogP) is 2.27. The summed E-state index contributed by atoms with van der Waals surface area (Å²) in [5.41, 5.74) is 6.56. The van der Waals surface area contributed by atoms with Crippen molar-refractivity contribution in [3.05, 3.63) is 51.3 Å². The second-order valence-electron chi connectivity index (χ2n) is 4.75. The highest BCUT2D eigenvalue weighted by Crippen LogP contribution is 2.18. The first-order valence-electron chi connectivity index (χ1n) is 6.41. The summed E-state index contributed by atoms with van der Waals surface area (Å²) in [7, 11) is 0. The Bertz CT molecular complexity index is 707. The number of rotatable bonds is 3. The fourth-order valence-corrected chi connectivity index (χ4v) is 2.42. The van der Waals surface area contributed by atoms with Crippen LogP contribution in [0.25, 0.3) is 0 Å². The molecule has 1 aromatic carbocycles. The van der Waals surface area contributed by atoms with Crippen LogP contribution in [0.4, 0.5) is 0 Å². The number of aromatic nitrogens is 2. The fourth-order valence-electron chi connectivity index (χ4n) is 1.89. The molecule has 0 bridgehead atoms. The molecule has 0 saturated heterocycles. The van der Waals surface area contributed by atoms with E-state index < -0.39 is 11.8 Å². The summed E-state index contributed by atoms with van der Waals surface area (Å²) in [6.45, 7) is 3.70. The highest BCUT2D eigenvalue weighted by atomic mass is 35.5. The molecule has 0 unspecified atom stereocenters. The van der Waals surface area contributed by atoms with Crippen LogP contribution in [0.3, 0.4) is 0 Å². The Balaban J connectivity index is 1.93. The molecule has 2 N–H and O–H groups in total. The lowest BCUT2D eigenvalue weighted by Crippen LogP contribution is -2.43. The van der Waals surface area contributed by atoms with Crippen molar-refractivity contribution in [2.45, 2.75) is 20.4 Å². The first-order chi connectivity index (χ1) is 10.3. The smallest absolute Gasteiger partial charge is 0.269 e. The summed E-state index contributed by atoms with van der Waals surface area (Å²) < 4.78 is 1.55. The first-order valence-corrected chi connectivity index (χ1v) is 7.17. The van der Waals surface area contributed by atoms with Gasteiger partial charge in [-0.25, -0.2) is 0 Å². The van der Waals surface area contributed by atoms with E-state index in [9.17, 15) is 9.59 Å². The Morgan fingerprint density at radius 1 is 1.09 bits per heavy atom. The summed E-state index contributed by atoms with van der Waals surface area (Å²) >= 11 is 11.6. The molecular weight excluding hydrogens is 327 g/mol. The van der Waals surface area contributed by atoms with E-state index in [1.165, 1.54) is 18.2 Å². The second kappa shape index (κ2) is 6.81. The van der Waals surface area contributed by atoms with Gasteiger partial charge >= 0.3 is 0 Å². The molecule has 1 aromatic heterocycles. The van der Waals surface area contributed by atoms with Gasteiger partial charge in [0.15, 0.2) is 0 Å².